The second kappa shape index (κ2) is 8.98. The average molecular weight is 485 g/mol. The lowest BCUT2D eigenvalue weighted by atomic mass is 9.82. The number of halogens is 5. The lowest BCUT2D eigenvalue weighted by molar-refractivity contribution is 0.312. The molecule has 0 aromatic heterocycles. The number of hydrogen-bond acceptors (Lipinski definition) is 4. The Labute approximate surface area is 196 Å². The monoisotopic (exact) mass is 484 g/mol. The van der Waals surface area contributed by atoms with Gasteiger partial charge in [-0.05, 0) is 64.2 Å². The van der Waals surface area contributed by atoms with Crippen LogP contribution in [0.4, 0.5) is 22.0 Å². The second-order valence-corrected chi connectivity index (χ2v) is 11.2. The van der Waals surface area contributed by atoms with Gasteiger partial charge in [0.15, 0.2) is 23.3 Å². The van der Waals surface area contributed by atoms with Gasteiger partial charge >= 0.3 is 0 Å². The average Bonchev–Trinajstić information content (AvgIpc) is 3.62. The first-order valence-electron chi connectivity index (χ1n) is 12.9. The molecule has 6 rings (SSSR count). The maximum atomic E-state index is 15.0. The summed E-state index contributed by atoms with van der Waals surface area (Å²) in [6.07, 6.45) is 9.37. The van der Waals surface area contributed by atoms with E-state index in [1.807, 2.05) is 0 Å². The van der Waals surface area contributed by atoms with Gasteiger partial charge in [-0.15, -0.1) is 0 Å². The Kier molecular flexibility index (Phi) is 6.11. The van der Waals surface area contributed by atoms with Gasteiger partial charge in [-0.1, -0.05) is 0 Å². The lowest BCUT2D eigenvalue weighted by Gasteiger charge is -2.33. The third kappa shape index (κ3) is 3.96. The van der Waals surface area contributed by atoms with E-state index in [9.17, 15) is 13.2 Å². The van der Waals surface area contributed by atoms with E-state index in [1.165, 1.54) is 0 Å². The van der Waals surface area contributed by atoms with Crippen molar-refractivity contribution in [2.24, 2.45) is 0 Å². The summed E-state index contributed by atoms with van der Waals surface area (Å²) in [5.41, 5.74) is -0.659. The first-order chi connectivity index (χ1) is 16.4. The zero-order valence-electron chi connectivity index (χ0n) is 19.2. The Bertz CT molecular complexity index is 915. The zero-order valence-corrected chi connectivity index (χ0v) is 19.2. The van der Waals surface area contributed by atoms with E-state index in [-0.39, 0.29) is 30.2 Å². The maximum Gasteiger partial charge on any atom is 0.200 e. The van der Waals surface area contributed by atoms with Gasteiger partial charge in [-0.3, -0.25) is 0 Å². The van der Waals surface area contributed by atoms with Crippen LogP contribution in [-0.2, 0) is 0 Å². The van der Waals surface area contributed by atoms with Crippen molar-refractivity contribution in [2.75, 3.05) is 0 Å². The van der Waals surface area contributed by atoms with Crippen molar-refractivity contribution >= 4 is 0 Å². The minimum atomic E-state index is -2.09. The molecule has 5 fully saturated rings. The number of benzene rings is 1. The van der Waals surface area contributed by atoms with E-state index >= 15 is 8.78 Å². The fraction of sp³-hybridized carbons (Fsp3) is 0.760. The van der Waals surface area contributed by atoms with Gasteiger partial charge in [0.1, 0.15) is 0 Å². The molecule has 0 radical (unpaired) electrons. The Morgan fingerprint density at radius 3 is 1.44 bits per heavy atom. The molecule has 1 aromatic carbocycles. The van der Waals surface area contributed by atoms with Gasteiger partial charge in [-0.2, -0.15) is 0 Å². The summed E-state index contributed by atoms with van der Waals surface area (Å²) in [4.78, 5) is 0. The lowest BCUT2D eigenvalue weighted by Crippen LogP contribution is -2.49. The number of fused-ring (bicyclic) bond motifs is 9. The van der Waals surface area contributed by atoms with E-state index in [4.69, 9.17) is 0 Å². The summed E-state index contributed by atoms with van der Waals surface area (Å²) in [5, 5.41) is 14.7. The number of hydrogen-bond donors (Lipinski definition) is 4. The van der Waals surface area contributed by atoms with Crippen LogP contribution in [0.15, 0.2) is 0 Å². The molecular weight excluding hydrogens is 451 g/mol. The predicted octanol–water partition coefficient (Wildman–Crippen LogP) is 3.74. The summed E-state index contributed by atoms with van der Waals surface area (Å²) in [6, 6.07) is 1.22. The molecule has 4 nitrogen and oxygen atoms in total. The van der Waals surface area contributed by atoms with Gasteiger partial charge in [0.05, 0.1) is 0 Å². The van der Waals surface area contributed by atoms with Crippen LogP contribution < -0.4 is 21.3 Å². The highest BCUT2D eigenvalue weighted by molar-refractivity contribution is 5.31. The minimum Gasteiger partial charge on any atom is -0.311 e. The highest BCUT2D eigenvalue weighted by Gasteiger charge is 2.46. The molecule has 34 heavy (non-hydrogen) atoms. The van der Waals surface area contributed by atoms with Crippen LogP contribution in [0.25, 0.3) is 0 Å². The van der Waals surface area contributed by atoms with Crippen molar-refractivity contribution in [2.45, 2.75) is 118 Å². The third-order valence-corrected chi connectivity index (χ3v) is 9.17. The van der Waals surface area contributed by atoms with E-state index < -0.39 is 40.6 Å². The van der Waals surface area contributed by atoms with Crippen LogP contribution in [-0.4, -0.2) is 48.3 Å². The molecule has 0 aliphatic carbocycles. The van der Waals surface area contributed by atoms with Gasteiger partial charge < -0.3 is 21.3 Å². The predicted molar refractivity (Wildman–Crippen MR) is 118 cm³/mol. The Morgan fingerprint density at radius 1 is 0.412 bits per heavy atom. The normalized spacial score (nSPS) is 42.1. The van der Waals surface area contributed by atoms with Gasteiger partial charge in [-0.25, -0.2) is 22.0 Å². The molecule has 0 saturated carbocycles. The van der Waals surface area contributed by atoms with Gasteiger partial charge in [0, 0.05) is 59.8 Å². The molecular formula is C25H33F5N4. The smallest absolute Gasteiger partial charge is 0.200 e. The molecule has 8 bridgehead atoms. The van der Waals surface area contributed by atoms with Crippen molar-refractivity contribution in [1.29, 1.82) is 0 Å². The van der Waals surface area contributed by atoms with Crippen molar-refractivity contribution in [1.82, 2.24) is 21.3 Å². The van der Waals surface area contributed by atoms with Crippen LogP contribution >= 0.6 is 0 Å². The summed E-state index contributed by atoms with van der Waals surface area (Å²) in [5.74, 6) is -9.99. The topological polar surface area (TPSA) is 48.1 Å². The van der Waals surface area contributed by atoms with Crippen molar-refractivity contribution < 1.29 is 22.0 Å². The van der Waals surface area contributed by atoms with E-state index in [1.54, 1.807) is 0 Å². The quantitative estimate of drug-likeness (QED) is 0.279. The molecule has 0 spiro atoms. The minimum absolute atomic E-state index is 0.130. The second-order valence-electron chi connectivity index (χ2n) is 11.2. The molecule has 9 unspecified atom stereocenters. The molecule has 1 aromatic rings. The van der Waals surface area contributed by atoms with Crippen LogP contribution in [0.5, 0.6) is 0 Å². The molecule has 0 amide bonds. The molecule has 5 aliphatic rings. The summed E-state index contributed by atoms with van der Waals surface area (Å²) in [7, 11) is 0. The summed E-state index contributed by atoms with van der Waals surface area (Å²) >= 11 is 0. The Morgan fingerprint density at radius 2 is 0.794 bits per heavy atom. The fourth-order valence-corrected chi connectivity index (χ4v) is 7.63. The molecule has 5 aliphatic heterocycles. The SMILES string of the molecule is Fc1c(F)c(F)c(C2C3CCC(CC4CCC(CC5CCC(N5)C5CCC2N5)N4)N3)c(F)c1F. The zero-order chi connectivity index (χ0) is 23.6. The highest BCUT2D eigenvalue weighted by atomic mass is 19.2. The molecule has 188 valence electrons. The summed E-state index contributed by atoms with van der Waals surface area (Å²) in [6.45, 7) is 0. The molecule has 5 saturated heterocycles. The molecule has 9 atom stereocenters. The molecule has 5 heterocycles. The van der Waals surface area contributed by atoms with E-state index in [0.29, 0.717) is 31.0 Å². The molecule has 4 N–H and O–H groups in total. The first-order valence-corrected chi connectivity index (χ1v) is 12.9. The first kappa shape index (κ1) is 23.1. The van der Waals surface area contributed by atoms with Gasteiger partial charge in [0.25, 0.3) is 0 Å². The molecule has 9 heteroatoms. The van der Waals surface area contributed by atoms with Crippen molar-refractivity contribution in [3.05, 3.63) is 34.6 Å². The van der Waals surface area contributed by atoms with Crippen LogP contribution in [0, 0.1) is 29.1 Å². The standard InChI is InChI=1S/C25H33F5N4/c26-21-20(22(27)24(29)25(30)23(21)28)19-17-6-4-14(33-17)10-12-2-1-11(31-12)9-13-3-5-15(32-13)16-7-8-18(19)34-16/h11-19,31-34H,1-10H2. The maximum absolute atomic E-state index is 15.0. The largest absolute Gasteiger partial charge is 0.311 e. The fourth-order valence-electron chi connectivity index (χ4n) is 7.63. The highest BCUT2D eigenvalue weighted by Crippen LogP contribution is 2.41. The van der Waals surface area contributed by atoms with E-state index in [2.05, 4.69) is 21.3 Å². The van der Waals surface area contributed by atoms with Crippen molar-refractivity contribution in [3.8, 4) is 0 Å². The Balaban J connectivity index is 1.37. The number of nitrogens with one attached hydrogen (secondary N) is 4. The Hall–Kier alpha value is -1.29. The number of rotatable bonds is 1. The van der Waals surface area contributed by atoms with E-state index in [0.717, 1.165) is 51.4 Å². The van der Waals surface area contributed by atoms with Crippen LogP contribution in [0.2, 0.25) is 0 Å². The summed E-state index contributed by atoms with van der Waals surface area (Å²) < 4.78 is 72.4. The van der Waals surface area contributed by atoms with Crippen LogP contribution in [0.3, 0.4) is 0 Å². The van der Waals surface area contributed by atoms with Crippen molar-refractivity contribution in [3.63, 3.8) is 0 Å². The van der Waals surface area contributed by atoms with Gasteiger partial charge in [0.2, 0.25) is 5.82 Å². The van der Waals surface area contributed by atoms with Crippen LogP contribution in [0.1, 0.15) is 75.7 Å². The third-order valence-electron chi connectivity index (χ3n) is 9.17.